The number of aromatic amines is 1. The standard InChI is InChI=1S/C12H15ClN4S/c1-16-3-2-8(6-16)7-17-11-10(15-12(17)18)4-9(13)5-14-11/h4-5,8H,2-3,6-7H2,1H3,(H,15,18). The average Bonchev–Trinajstić information content (AvgIpc) is 2.84. The van der Waals surface area contributed by atoms with Crippen LogP contribution in [-0.4, -0.2) is 39.6 Å². The van der Waals surface area contributed by atoms with Gasteiger partial charge in [0, 0.05) is 19.3 Å². The summed E-state index contributed by atoms with van der Waals surface area (Å²) in [7, 11) is 2.16. The fourth-order valence-corrected chi connectivity index (χ4v) is 3.05. The lowest BCUT2D eigenvalue weighted by Gasteiger charge is -2.11. The molecule has 0 spiro atoms. The lowest BCUT2D eigenvalue weighted by molar-refractivity contribution is 0.379. The van der Waals surface area contributed by atoms with Gasteiger partial charge in [0.05, 0.1) is 10.5 Å². The van der Waals surface area contributed by atoms with Gasteiger partial charge < -0.3 is 14.5 Å². The molecule has 0 aromatic carbocycles. The third-order valence-electron chi connectivity index (χ3n) is 3.51. The maximum atomic E-state index is 5.94. The SMILES string of the molecule is CN1CCC(Cn2c(=S)[nH]c3cc(Cl)cnc32)C1. The second-order valence-corrected chi connectivity index (χ2v) is 5.81. The molecule has 18 heavy (non-hydrogen) atoms. The summed E-state index contributed by atoms with van der Waals surface area (Å²) >= 11 is 11.3. The van der Waals surface area contributed by atoms with Crippen molar-refractivity contribution < 1.29 is 0 Å². The molecule has 3 rings (SSSR count). The van der Waals surface area contributed by atoms with Crippen LogP contribution in [0.1, 0.15) is 6.42 Å². The highest BCUT2D eigenvalue weighted by Crippen LogP contribution is 2.21. The molecule has 6 heteroatoms. The molecule has 0 saturated carbocycles. The first-order valence-electron chi connectivity index (χ1n) is 6.06. The van der Waals surface area contributed by atoms with Crippen LogP contribution >= 0.6 is 23.8 Å². The molecule has 4 nitrogen and oxygen atoms in total. The van der Waals surface area contributed by atoms with Gasteiger partial charge in [-0.25, -0.2) is 4.98 Å². The molecular weight excluding hydrogens is 268 g/mol. The fourth-order valence-electron chi connectivity index (χ4n) is 2.62. The summed E-state index contributed by atoms with van der Waals surface area (Å²) in [5.74, 6) is 0.651. The summed E-state index contributed by atoms with van der Waals surface area (Å²) in [5.41, 5.74) is 1.82. The lowest BCUT2D eigenvalue weighted by Crippen LogP contribution is -2.17. The number of rotatable bonds is 2. The summed E-state index contributed by atoms with van der Waals surface area (Å²) in [4.78, 5) is 9.91. The minimum Gasteiger partial charge on any atom is -0.329 e. The van der Waals surface area contributed by atoms with Gasteiger partial charge in [-0.15, -0.1) is 0 Å². The number of aromatic nitrogens is 3. The van der Waals surface area contributed by atoms with Gasteiger partial charge in [-0.1, -0.05) is 11.6 Å². The Hall–Kier alpha value is -0.910. The second kappa shape index (κ2) is 4.64. The zero-order valence-electron chi connectivity index (χ0n) is 10.2. The maximum Gasteiger partial charge on any atom is 0.179 e. The van der Waals surface area contributed by atoms with Crippen LogP contribution < -0.4 is 0 Å². The van der Waals surface area contributed by atoms with Crippen molar-refractivity contribution in [2.45, 2.75) is 13.0 Å². The molecule has 0 radical (unpaired) electrons. The number of hydrogen-bond acceptors (Lipinski definition) is 3. The topological polar surface area (TPSA) is 36.9 Å². The fraction of sp³-hybridized carbons (Fsp3) is 0.500. The Morgan fingerprint density at radius 2 is 2.44 bits per heavy atom. The molecule has 0 amide bonds. The smallest absolute Gasteiger partial charge is 0.179 e. The number of fused-ring (bicyclic) bond motifs is 1. The van der Waals surface area contributed by atoms with Crippen molar-refractivity contribution in [3.05, 3.63) is 22.1 Å². The van der Waals surface area contributed by atoms with E-state index in [0.29, 0.717) is 10.9 Å². The summed E-state index contributed by atoms with van der Waals surface area (Å²) in [6, 6.07) is 1.87. The lowest BCUT2D eigenvalue weighted by atomic mass is 10.1. The van der Waals surface area contributed by atoms with Gasteiger partial charge in [-0.2, -0.15) is 0 Å². The van der Waals surface area contributed by atoms with Crippen LogP contribution in [0.25, 0.3) is 11.2 Å². The third-order valence-corrected chi connectivity index (χ3v) is 4.03. The number of nitrogens with one attached hydrogen (secondary N) is 1. The maximum absolute atomic E-state index is 5.94. The minimum absolute atomic E-state index is 0.631. The first kappa shape index (κ1) is 12.1. The summed E-state index contributed by atoms with van der Waals surface area (Å²) < 4.78 is 2.82. The minimum atomic E-state index is 0.631. The number of hydrogen-bond donors (Lipinski definition) is 1. The number of halogens is 1. The van der Waals surface area contributed by atoms with Gasteiger partial charge in [0.15, 0.2) is 10.4 Å². The molecule has 96 valence electrons. The molecule has 1 aliphatic rings. The van der Waals surface area contributed by atoms with E-state index in [1.807, 2.05) is 6.07 Å². The van der Waals surface area contributed by atoms with E-state index in [2.05, 4.69) is 26.5 Å². The summed E-state index contributed by atoms with van der Waals surface area (Å²) in [6.45, 7) is 3.22. The second-order valence-electron chi connectivity index (χ2n) is 4.98. The Morgan fingerprint density at radius 1 is 1.61 bits per heavy atom. The highest BCUT2D eigenvalue weighted by molar-refractivity contribution is 7.71. The Morgan fingerprint density at radius 3 is 3.17 bits per heavy atom. The van der Waals surface area contributed by atoms with E-state index < -0.39 is 0 Å². The van der Waals surface area contributed by atoms with Gasteiger partial charge in [0.2, 0.25) is 0 Å². The van der Waals surface area contributed by atoms with Crippen molar-refractivity contribution in [2.24, 2.45) is 5.92 Å². The van der Waals surface area contributed by atoms with Crippen LogP contribution in [0.15, 0.2) is 12.3 Å². The van der Waals surface area contributed by atoms with Crippen molar-refractivity contribution >= 4 is 35.0 Å². The highest BCUT2D eigenvalue weighted by atomic mass is 35.5. The van der Waals surface area contributed by atoms with Crippen molar-refractivity contribution in [2.75, 3.05) is 20.1 Å². The Labute approximate surface area is 116 Å². The van der Waals surface area contributed by atoms with E-state index in [-0.39, 0.29) is 0 Å². The Kier molecular flexibility index (Phi) is 3.13. The zero-order chi connectivity index (χ0) is 12.7. The van der Waals surface area contributed by atoms with Crippen LogP contribution in [0.2, 0.25) is 5.02 Å². The van der Waals surface area contributed by atoms with Gasteiger partial charge in [-0.3, -0.25) is 0 Å². The molecule has 2 aromatic rings. The molecule has 1 N–H and O–H groups in total. The van der Waals surface area contributed by atoms with Crippen LogP contribution in [-0.2, 0) is 6.54 Å². The van der Waals surface area contributed by atoms with E-state index in [9.17, 15) is 0 Å². The molecule has 0 bridgehead atoms. The van der Waals surface area contributed by atoms with Gasteiger partial charge in [0.1, 0.15) is 0 Å². The van der Waals surface area contributed by atoms with E-state index in [1.165, 1.54) is 13.0 Å². The van der Waals surface area contributed by atoms with Crippen molar-refractivity contribution in [1.29, 1.82) is 0 Å². The number of imidazole rings is 1. The van der Waals surface area contributed by atoms with Gasteiger partial charge in [-0.05, 0) is 44.2 Å². The van der Waals surface area contributed by atoms with Crippen molar-refractivity contribution in [3.63, 3.8) is 0 Å². The van der Waals surface area contributed by atoms with E-state index >= 15 is 0 Å². The molecule has 1 atom stereocenters. The molecule has 1 fully saturated rings. The third kappa shape index (κ3) is 2.18. The molecule has 0 aliphatic carbocycles. The number of likely N-dealkylation sites (tertiary alicyclic amines) is 1. The number of nitrogens with zero attached hydrogens (tertiary/aromatic N) is 3. The van der Waals surface area contributed by atoms with Crippen LogP contribution in [0.3, 0.4) is 0 Å². The van der Waals surface area contributed by atoms with Crippen LogP contribution in [0.4, 0.5) is 0 Å². The molecule has 1 saturated heterocycles. The first-order valence-corrected chi connectivity index (χ1v) is 6.85. The monoisotopic (exact) mass is 282 g/mol. The predicted octanol–water partition coefficient (Wildman–Crippen LogP) is 2.70. The predicted molar refractivity (Wildman–Crippen MR) is 75.5 cm³/mol. The zero-order valence-corrected chi connectivity index (χ0v) is 11.8. The summed E-state index contributed by atoms with van der Waals surface area (Å²) in [6.07, 6.45) is 2.89. The average molecular weight is 283 g/mol. The van der Waals surface area contributed by atoms with E-state index in [1.54, 1.807) is 6.20 Å². The normalized spacial score (nSPS) is 20.9. The van der Waals surface area contributed by atoms with E-state index in [4.69, 9.17) is 23.8 Å². The van der Waals surface area contributed by atoms with Gasteiger partial charge in [0.25, 0.3) is 0 Å². The van der Waals surface area contributed by atoms with Crippen molar-refractivity contribution in [1.82, 2.24) is 19.4 Å². The molecule has 2 aromatic heterocycles. The van der Waals surface area contributed by atoms with Crippen LogP contribution in [0.5, 0.6) is 0 Å². The molecule has 3 heterocycles. The molecule has 1 aliphatic heterocycles. The van der Waals surface area contributed by atoms with Crippen molar-refractivity contribution in [3.8, 4) is 0 Å². The Balaban J connectivity index is 1.96. The molecular formula is C12H15ClN4S. The Bertz CT molecular complexity index is 633. The van der Waals surface area contributed by atoms with Gasteiger partial charge >= 0.3 is 0 Å². The quantitative estimate of drug-likeness (QED) is 0.861. The molecule has 1 unspecified atom stereocenters. The van der Waals surface area contributed by atoms with E-state index in [0.717, 1.165) is 29.0 Å². The largest absolute Gasteiger partial charge is 0.329 e. The highest BCUT2D eigenvalue weighted by Gasteiger charge is 2.21. The first-order chi connectivity index (χ1) is 8.63. The summed E-state index contributed by atoms with van der Waals surface area (Å²) in [5, 5.41) is 0.631. The number of pyridine rings is 1. The van der Waals surface area contributed by atoms with Crippen LogP contribution in [0, 0.1) is 10.7 Å². The number of H-pyrrole nitrogens is 1.